The van der Waals surface area contributed by atoms with Crippen molar-refractivity contribution in [2.45, 2.75) is 63.3 Å². The van der Waals surface area contributed by atoms with Crippen molar-refractivity contribution in [1.82, 2.24) is 14.5 Å². The van der Waals surface area contributed by atoms with Crippen molar-refractivity contribution in [1.29, 1.82) is 0 Å². The number of carbonyl (C=O) groups is 1. The summed E-state index contributed by atoms with van der Waals surface area (Å²) in [5.74, 6) is -0.343. The Morgan fingerprint density at radius 2 is 2.00 bits per heavy atom. The lowest BCUT2D eigenvalue weighted by atomic mass is 10.2. The lowest BCUT2D eigenvalue weighted by Gasteiger charge is -2.23. The van der Waals surface area contributed by atoms with Crippen LogP contribution in [0.15, 0.2) is 29.2 Å². The van der Waals surface area contributed by atoms with Crippen LogP contribution in [0.4, 0.5) is 5.13 Å². The number of hydrogen-bond donors (Lipinski definition) is 1. The molecule has 2 aromatic rings. The molecule has 2 heterocycles. The Morgan fingerprint density at radius 1 is 1.25 bits per heavy atom. The second-order valence-electron chi connectivity index (χ2n) is 7.03. The third kappa shape index (κ3) is 4.76. The third-order valence-electron chi connectivity index (χ3n) is 4.83. The zero-order chi connectivity index (χ0) is 20.1. The Bertz CT molecular complexity index is 910. The van der Waals surface area contributed by atoms with E-state index in [0.717, 1.165) is 36.3 Å². The highest BCUT2D eigenvalue weighted by Gasteiger charge is 2.39. The number of unbranched alkanes of at least 4 members (excludes halogenated alkanes) is 2. The second kappa shape index (κ2) is 9.11. The molecule has 1 aliphatic heterocycles. The molecule has 1 unspecified atom stereocenters. The van der Waals surface area contributed by atoms with Crippen molar-refractivity contribution < 1.29 is 13.2 Å². The molecule has 0 bridgehead atoms. The minimum atomic E-state index is -3.71. The highest BCUT2D eigenvalue weighted by atomic mass is 32.2. The molecule has 1 aromatic carbocycles. The van der Waals surface area contributed by atoms with E-state index in [2.05, 4.69) is 22.4 Å². The molecule has 1 aromatic heterocycles. The highest BCUT2D eigenvalue weighted by Crippen LogP contribution is 2.27. The first-order chi connectivity index (χ1) is 13.4. The molecule has 152 valence electrons. The first-order valence-corrected chi connectivity index (χ1v) is 11.9. The maximum absolute atomic E-state index is 13.0. The highest BCUT2D eigenvalue weighted by molar-refractivity contribution is 7.89. The summed E-state index contributed by atoms with van der Waals surface area (Å²) in [6.45, 7) is 4.39. The number of nitrogens with zero attached hydrogens (tertiary/aromatic N) is 3. The van der Waals surface area contributed by atoms with Crippen LogP contribution in [0.25, 0.3) is 0 Å². The molecule has 0 saturated carbocycles. The molecule has 0 radical (unpaired) electrons. The van der Waals surface area contributed by atoms with Crippen molar-refractivity contribution in [3.05, 3.63) is 34.8 Å². The van der Waals surface area contributed by atoms with E-state index >= 15 is 0 Å². The van der Waals surface area contributed by atoms with E-state index in [1.807, 2.05) is 6.92 Å². The van der Waals surface area contributed by atoms with Crippen molar-refractivity contribution in [3.63, 3.8) is 0 Å². The van der Waals surface area contributed by atoms with E-state index in [9.17, 15) is 13.2 Å². The Balaban J connectivity index is 1.68. The van der Waals surface area contributed by atoms with Gasteiger partial charge >= 0.3 is 0 Å². The predicted molar refractivity (Wildman–Crippen MR) is 110 cm³/mol. The van der Waals surface area contributed by atoms with Gasteiger partial charge in [0.25, 0.3) is 0 Å². The van der Waals surface area contributed by atoms with Gasteiger partial charge in [-0.2, -0.15) is 4.31 Å². The van der Waals surface area contributed by atoms with Crippen LogP contribution in [0.2, 0.25) is 0 Å². The van der Waals surface area contributed by atoms with E-state index in [1.165, 1.54) is 15.6 Å². The summed E-state index contributed by atoms with van der Waals surface area (Å²) in [5, 5.41) is 12.2. The lowest BCUT2D eigenvalue weighted by molar-refractivity contribution is -0.119. The summed E-state index contributed by atoms with van der Waals surface area (Å²) < 4.78 is 27.3. The molecule has 1 amide bonds. The molecule has 3 rings (SSSR count). The maximum atomic E-state index is 13.0. The van der Waals surface area contributed by atoms with E-state index in [0.29, 0.717) is 24.5 Å². The number of sulfonamides is 1. The smallest absolute Gasteiger partial charge is 0.244 e. The lowest BCUT2D eigenvalue weighted by Crippen LogP contribution is -2.43. The van der Waals surface area contributed by atoms with E-state index in [4.69, 9.17) is 0 Å². The van der Waals surface area contributed by atoms with Crippen molar-refractivity contribution in [3.8, 4) is 0 Å². The number of rotatable bonds is 8. The number of carbonyl (C=O) groups excluding carboxylic acids is 1. The zero-order valence-electron chi connectivity index (χ0n) is 16.2. The van der Waals surface area contributed by atoms with Crippen LogP contribution in [0, 0.1) is 6.92 Å². The van der Waals surface area contributed by atoms with Crippen molar-refractivity contribution in [2.24, 2.45) is 0 Å². The Kier molecular flexibility index (Phi) is 6.79. The molecular formula is C19H26N4O3S2. The number of amides is 1. The largest absolute Gasteiger partial charge is 0.299 e. The summed E-state index contributed by atoms with van der Waals surface area (Å²) in [6, 6.07) is 5.98. The molecule has 1 N–H and O–H groups in total. The first-order valence-electron chi connectivity index (χ1n) is 9.63. The predicted octanol–water partition coefficient (Wildman–Crippen LogP) is 3.37. The van der Waals surface area contributed by atoms with Gasteiger partial charge in [-0.15, -0.1) is 10.2 Å². The maximum Gasteiger partial charge on any atom is 0.244 e. The van der Waals surface area contributed by atoms with Gasteiger partial charge in [-0.3, -0.25) is 10.1 Å². The molecule has 9 heteroatoms. The number of anilines is 1. The average molecular weight is 423 g/mol. The van der Waals surface area contributed by atoms with Crippen LogP contribution < -0.4 is 5.32 Å². The quantitative estimate of drug-likeness (QED) is 0.659. The SMILES string of the molecule is CCCCCc1nnc(NC(=O)C2CCCN2S(=O)(=O)c2ccc(C)cc2)s1. The summed E-state index contributed by atoms with van der Waals surface area (Å²) in [7, 11) is -3.71. The monoisotopic (exact) mass is 422 g/mol. The van der Waals surface area contributed by atoms with Crippen LogP contribution in [-0.2, 0) is 21.2 Å². The standard InChI is InChI=1S/C19H26N4O3S2/c1-3-4-5-8-17-21-22-19(27-17)20-18(24)16-7-6-13-23(16)28(25,26)15-11-9-14(2)10-12-15/h9-12,16H,3-8,13H2,1-2H3,(H,20,22,24). The van der Waals surface area contributed by atoms with Gasteiger partial charge < -0.3 is 0 Å². The van der Waals surface area contributed by atoms with Gasteiger partial charge in [-0.05, 0) is 38.3 Å². The number of aryl methyl sites for hydroxylation is 2. The Hall–Kier alpha value is -1.84. The molecule has 28 heavy (non-hydrogen) atoms. The van der Waals surface area contributed by atoms with Gasteiger partial charge in [0.2, 0.25) is 21.1 Å². The summed E-state index contributed by atoms with van der Waals surface area (Å²) in [5.41, 5.74) is 0.987. The minimum absolute atomic E-state index is 0.215. The molecule has 1 saturated heterocycles. The van der Waals surface area contributed by atoms with E-state index < -0.39 is 16.1 Å². The van der Waals surface area contributed by atoms with Gasteiger partial charge in [0, 0.05) is 13.0 Å². The van der Waals surface area contributed by atoms with Crippen LogP contribution in [-0.4, -0.2) is 41.4 Å². The Morgan fingerprint density at radius 3 is 2.71 bits per heavy atom. The summed E-state index contributed by atoms with van der Waals surface area (Å²) in [4.78, 5) is 13.0. The first kappa shape index (κ1) is 20.9. The molecule has 1 aliphatic rings. The van der Waals surface area contributed by atoms with Gasteiger partial charge in [0.1, 0.15) is 11.0 Å². The van der Waals surface area contributed by atoms with Gasteiger partial charge in [0.15, 0.2) is 0 Å². The fraction of sp³-hybridized carbons (Fsp3) is 0.526. The topological polar surface area (TPSA) is 92.3 Å². The molecular weight excluding hydrogens is 396 g/mol. The molecule has 0 aliphatic carbocycles. The van der Waals surface area contributed by atoms with Gasteiger partial charge in [-0.25, -0.2) is 8.42 Å². The average Bonchev–Trinajstić information content (AvgIpc) is 3.32. The van der Waals surface area contributed by atoms with Gasteiger partial charge in [0.05, 0.1) is 4.90 Å². The number of benzene rings is 1. The number of nitrogens with one attached hydrogen (secondary N) is 1. The Labute approximate surface area is 170 Å². The molecule has 1 fully saturated rings. The number of hydrogen-bond acceptors (Lipinski definition) is 6. The van der Waals surface area contributed by atoms with Crippen LogP contribution in [0.1, 0.15) is 49.6 Å². The fourth-order valence-corrected chi connectivity index (χ4v) is 5.70. The zero-order valence-corrected chi connectivity index (χ0v) is 17.9. The van der Waals surface area contributed by atoms with E-state index in [-0.39, 0.29) is 10.8 Å². The van der Waals surface area contributed by atoms with Crippen molar-refractivity contribution >= 4 is 32.4 Å². The van der Waals surface area contributed by atoms with Crippen LogP contribution in [0.5, 0.6) is 0 Å². The fourth-order valence-electron chi connectivity index (χ4n) is 3.26. The molecule has 0 spiro atoms. The van der Waals surface area contributed by atoms with Crippen LogP contribution >= 0.6 is 11.3 Å². The third-order valence-corrected chi connectivity index (χ3v) is 7.65. The van der Waals surface area contributed by atoms with Crippen LogP contribution in [0.3, 0.4) is 0 Å². The number of aromatic nitrogens is 2. The normalized spacial score (nSPS) is 17.7. The van der Waals surface area contributed by atoms with Crippen molar-refractivity contribution in [2.75, 3.05) is 11.9 Å². The van der Waals surface area contributed by atoms with E-state index in [1.54, 1.807) is 24.3 Å². The minimum Gasteiger partial charge on any atom is -0.299 e. The van der Waals surface area contributed by atoms with Gasteiger partial charge in [-0.1, -0.05) is 48.8 Å². The second-order valence-corrected chi connectivity index (χ2v) is 9.99. The summed E-state index contributed by atoms with van der Waals surface area (Å²) >= 11 is 1.36. The summed E-state index contributed by atoms with van der Waals surface area (Å²) in [6.07, 6.45) is 5.31. The molecule has 1 atom stereocenters. The molecule has 7 nitrogen and oxygen atoms in total.